The van der Waals surface area contributed by atoms with E-state index in [4.69, 9.17) is 38.9 Å². The lowest BCUT2D eigenvalue weighted by Gasteiger charge is -2.44. The molecule has 0 amide bonds. The molecule has 0 saturated carbocycles. The Balaban J connectivity index is 1.23. The lowest BCUT2D eigenvalue weighted by atomic mass is 9.72. The Labute approximate surface area is 295 Å². The summed E-state index contributed by atoms with van der Waals surface area (Å²) in [7, 11) is 1.35. The van der Waals surface area contributed by atoms with Gasteiger partial charge in [-0.25, -0.2) is 0 Å². The fourth-order valence-electron chi connectivity index (χ4n) is 7.95. The average molecular weight is 712 g/mol. The van der Waals surface area contributed by atoms with Crippen LogP contribution in [0.4, 0.5) is 0 Å². The van der Waals surface area contributed by atoms with Gasteiger partial charge in [0, 0.05) is 55.2 Å². The molecule has 3 aliphatic heterocycles. The normalized spacial score (nSPS) is 32.1. The van der Waals surface area contributed by atoms with Gasteiger partial charge >= 0.3 is 0 Å². The first-order valence-corrected chi connectivity index (χ1v) is 17.7. The number of nitrogens with two attached hydrogens (primary N) is 1. The molecule has 5 aliphatic rings. The molecule has 51 heavy (non-hydrogen) atoms. The van der Waals surface area contributed by atoms with Crippen molar-refractivity contribution in [1.29, 1.82) is 0 Å². The van der Waals surface area contributed by atoms with Gasteiger partial charge in [0.25, 0.3) is 0 Å². The fraction of sp³-hybridized carbons (Fsp3) is 0.595. The molecule has 5 N–H and O–H groups in total. The SMILES string of the molecule is COc1cccc2c1C(=O)c1c(O)c3c(c(O)c1C2=O)C[C@@](O)(C(=O)COC1CCCCO1)C[C@@H]3O[C@H]1C[C@H](N)[C@H](O[C@@H]2CCCCO2)[C@H](C)O1. The number of benzene rings is 2. The number of hydrogen-bond donors (Lipinski definition) is 4. The summed E-state index contributed by atoms with van der Waals surface area (Å²) in [4.78, 5) is 41.6. The van der Waals surface area contributed by atoms with Crippen molar-refractivity contribution < 1.29 is 62.9 Å². The van der Waals surface area contributed by atoms with E-state index in [1.54, 1.807) is 6.92 Å². The number of phenols is 2. The first kappa shape index (κ1) is 35.9. The van der Waals surface area contributed by atoms with Gasteiger partial charge in [-0.2, -0.15) is 0 Å². The number of aliphatic hydroxyl groups is 1. The summed E-state index contributed by atoms with van der Waals surface area (Å²) in [6.45, 7) is 2.39. The smallest absolute Gasteiger partial charge is 0.202 e. The summed E-state index contributed by atoms with van der Waals surface area (Å²) in [5.74, 6) is -3.30. The van der Waals surface area contributed by atoms with Crippen molar-refractivity contribution in [3.63, 3.8) is 0 Å². The van der Waals surface area contributed by atoms with E-state index in [9.17, 15) is 29.7 Å². The number of ether oxygens (including phenoxy) is 7. The molecular formula is C37H45NO13. The van der Waals surface area contributed by atoms with E-state index >= 15 is 0 Å². The Morgan fingerprint density at radius 1 is 0.941 bits per heavy atom. The second kappa shape index (κ2) is 14.5. The first-order valence-electron chi connectivity index (χ1n) is 17.7. The number of phenolic OH excluding ortho intramolecular Hbond substituents is 2. The molecule has 0 aromatic heterocycles. The number of aromatic hydroxyl groups is 2. The largest absolute Gasteiger partial charge is 0.507 e. The molecule has 1 unspecified atom stereocenters. The maximum atomic E-state index is 14.0. The van der Waals surface area contributed by atoms with Gasteiger partial charge in [0.1, 0.15) is 35.6 Å². The summed E-state index contributed by atoms with van der Waals surface area (Å²) < 4.78 is 41.2. The maximum absolute atomic E-state index is 14.0. The number of methoxy groups -OCH3 is 1. The Kier molecular flexibility index (Phi) is 10.2. The number of fused-ring (bicyclic) bond motifs is 3. The molecule has 0 spiro atoms. The molecule has 2 aromatic carbocycles. The minimum atomic E-state index is -2.17. The van der Waals surface area contributed by atoms with Gasteiger partial charge in [-0.1, -0.05) is 12.1 Å². The van der Waals surface area contributed by atoms with E-state index in [0.717, 1.165) is 32.1 Å². The van der Waals surface area contributed by atoms with Crippen LogP contribution in [-0.4, -0.2) is 102 Å². The minimum absolute atomic E-state index is 0.0219. The molecule has 3 fully saturated rings. The molecule has 3 saturated heterocycles. The second-order valence-corrected chi connectivity index (χ2v) is 14.0. The summed E-state index contributed by atoms with van der Waals surface area (Å²) in [6, 6.07) is 3.93. The predicted molar refractivity (Wildman–Crippen MR) is 177 cm³/mol. The molecule has 2 aromatic rings. The Bertz CT molecular complexity index is 1670. The van der Waals surface area contributed by atoms with Crippen molar-refractivity contribution in [3.05, 3.63) is 51.6 Å². The highest BCUT2D eigenvalue weighted by atomic mass is 16.7. The molecule has 0 radical (unpaired) electrons. The van der Waals surface area contributed by atoms with Crippen LogP contribution in [-0.2, 0) is 39.6 Å². The van der Waals surface area contributed by atoms with Crippen LogP contribution in [0.1, 0.15) is 107 Å². The maximum Gasteiger partial charge on any atom is 0.202 e. The second-order valence-electron chi connectivity index (χ2n) is 14.0. The first-order chi connectivity index (χ1) is 24.5. The monoisotopic (exact) mass is 711 g/mol. The highest BCUT2D eigenvalue weighted by Crippen LogP contribution is 2.52. The van der Waals surface area contributed by atoms with Gasteiger partial charge in [0.05, 0.1) is 36.0 Å². The summed E-state index contributed by atoms with van der Waals surface area (Å²) in [5, 5.41) is 35.6. The lowest BCUT2D eigenvalue weighted by molar-refractivity contribution is -0.281. The van der Waals surface area contributed by atoms with E-state index in [1.165, 1.54) is 25.3 Å². The third kappa shape index (κ3) is 6.68. The van der Waals surface area contributed by atoms with Crippen molar-refractivity contribution in [2.45, 2.75) is 114 Å². The topological polar surface area (TPSA) is 203 Å². The van der Waals surface area contributed by atoms with Crippen LogP contribution in [0.2, 0.25) is 0 Å². The third-order valence-corrected chi connectivity index (χ3v) is 10.6. The van der Waals surface area contributed by atoms with Crippen LogP contribution in [0.15, 0.2) is 18.2 Å². The van der Waals surface area contributed by atoms with E-state index in [0.29, 0.717) is 19.6 Å². The third-order valence-electron chi connectivity index (χ3n) is 10.6. The molecule has 0 bridgehead atoms. The summed E-state index contributed by atoms with van der Waals surface area (Å²) in [5.41, 5.74) is 3.33. The van der Waals surface area contributed by atoms with E-state index in [2.05, 4.69) is 0 Å². The van der Waals surface area contributed by atoms with Crippen molar-refractivity contribution in [2.24, 2.45) is 5.73 Å². The Morgan fingerprint density at radius 3 is 2.31 bits per heavy atom. The van der Waals surface area contributed by atoms with Gasteiger partial charge < -0.3 is 54.2 Å². The molecule has 14 heteroatoms. The standard InChI is InChI=1S/C37H45NO13/c1-18-36(51-26-11-4-6-13-47-26)21(38)14-27(49-18)50-23-16-37(44,24(39)17-48-25-10-3-5-12-46-25)15-20-29(23)35(43)31-30(33(20)41)32(40)19-8-7-9-22(45-2)28(19)34(31)42/h7-9,18,21,23,25-27,36,41,43-44H,3-6,10-17,38H2,1-2H3/t18-,21-,23-,25?,26+,27-,36+,37-/m0/s1. The Morgan fingerprint density at radius 2 is 1.65 bits per heavy atom. The highest BCUT2D eigenvalue weighted by molar-refractivity contribution is 6.31. The van der Waals surface area contributed by atoms with E-state index in [1.807, 2.05) is 0 Å². The van der Waals surface area contributed by atoms with Crippen molar-refractivity contribution in [1.82, 2.24) is 0 Å². The number of ketones is 3. The quantitative estimate of drug-likeness (QED) is 0.236. The van der Waals surface area contributed by atoms with Crippen LogP contribution in [0.5, 0.6) is 17.2 Å². The summed E-state index contributed by atoms with van der Waals surface area (Å²) >= 11 is 0. The van der Waals surface area contributed by atoms with Gasteiger partial charge in [0.2, 0.25) is 5.78 Å². The van der Waals surface area contributed by atoms with E-state index in [-0.39, 0.29) is 40.8 Å². The van der Waals surface area contributed by atoms with Crippen LogP contribution in [0, 0.1) is 0 Å². The number of rotatable bonds is 9. The van der Waals surface area contributed by atoms with E-state index < -0.39 is 102 Å². The van der Waals surface area contributed by atoms with Crippen molar-refractivity contribution in [2.75, 3.05) is 26.9 Å². The summed E-state index contributed by atoms with van der Waals surface area (Å²) in [6.07, 6.45) is -0.0811. The molecule has 276 valence electrons. The minimum Gasteiger partial charge on any atom is -0.507 e. The Hall–Kier alpha value is -3.47. The van der Waals surface area contributed by atoms with Crippen molar-refractivity contribution >= 4 is 17.3 Å². The van der Waals surface area contributed by atoms with Crippen molar-refractivity contribution in [3.8, 4) is 17.2 Å². The number of carbonyl (C=O) groups is 3. The molecule has 8 atom stereocenters. The molecular weight excluding hydrogens is 666 g/mol. The van der Waals surface area contributed by atoms with Crippen LogP contribution in [0.25, 0.3) is 0 Å². The van der Waals surface area contributed by atoms with Gasteiger partial charge in [-0.15, -0.1) is 0 Å². The highest BCUT2D eigenvalue weighted by Gasteiger charge is 2.50. The fourth-order valence-corrected chi connectivity index (χ4v) is 7.95. The zero-order valence-electron chi connectivity index (χ0n) is 28.8. The van der Waals surface area contributed by atoms with Crippen LogP contribution < -0.4 is 10.5 Å². The van der Waals surface area contributed by atoms with Gasteiger partial charge in [-0.05, 0) is 51.5 Å². The zero-order chi connectivity index (χ0) is 36.0. The number of hydrogen-bond acceptors (Lipinski definition) is 14. The van der Waals surface area contributed by atoms with Crippen LogP contribution in [0.3, 0.4) is 0 Å². The van der Waals surface area contributed by atoms with Gasteiger partial charge in [-0.3, -0.25) is 14.4 Å². The van der Waals surface area contributed by atoms with Crippen LogP contribution >= 0.6 is 0 Å². The lowest BCUT2D eigenvalue weighted by Crippen LogP contribution is -2.55. The molecule has 14 nitrogen and oxygen atoms in total. The zero-order valence-corrected chi connectivity index (χ0v) is 28.8. The molecule has 2 aliphatic carbocycles. The predicted octanol–water partition coefficient (Wildman–Crippen LogP) is 3.10. The number of Topliss-reactive ketones (excluding diaryl/α,β-unsaturated/α-hetero) is 1. The molecule has 3 heterocycles. The average Bonchev–Trinajstić information content (AvgIpc) is 3.12. The molecule has 7 rings (SSSR count). The van der Waals surface area contributed by atoms with Gasteiger partial charge in [0.15, 0.2) is 30.4 Å². The number of carbonyl (C=O) groups excluding carboxylic acids is 3.